The van der Waals surface area contributed by atoms with Gasteiger partial charge in [-0.1, -0.05) is 48.5 Å². The quantitative estimate of drug-likeness (QED) is 0.120. The summed E-state index contributed by atoms with van der Waals surface area (Å²) in [6, 6.07) is 33.6. The third-order valence-corrected chi connectivity index (χ3v) is 10.4. The molecule has 8 bridgehead atoms. The van der Waals surface area contributed by atoms with Gasteiger partial charge in [0.2, 0.25) is 0 Å². The summed E-state index contributed by atoms with van der Waals surface area (Å²) in [5.41, 5.74) is 10.7. The van der Waals surface area contributed by atoms with E-state index in [0.717, 1.165) is 0 Å². The number of halogens is 3. The normalized spacial score (nSPS) is 11.0. The number of benzene rings is 4. The molecule has 0 spiro atoms. The Kier molecular flexibility index (Phi) is 14.5. The second kappa shape index (κ2) is 19.4. The van der Waals surface area contributed by atoms with E-state index in [-0.39, 0.29) is 76.5 Å². The third kappa shape index (κ3) is 8.98. The van der Waals surface area contributed by atoms with Crippen LogP contribution in [0.25, 0.3) is 90.9 Å². The summed E-state index contributed by atoms with van der Waals surface area (Å²) in [6.07, 6.45) is 7.47. The molecule has 6 N–H and O–H groups in total. The third-order valence-electron chi connectivity index (χ3n) is 10.4. The van der Waals surface area contributed by atoms with E-state index in [1.807, 2.05) is 48.6 Å². The van der Waals surface area contributed by atoms with Gasteiger partial charge in [-0.15, -0.1) is 0 Å². The summed E-state index contributed by atoms with van der Waals surface area (Å²) in [5.74, 6) is -4.25. The number of carboxylic acids is 4. The standard InChI is InChI=1S/C48H30N4O8.3ClH.Mn/c53-45(54)29-9-1-25(2-10-29)41-33-17-19-35(49-33)42(26-3-11-30(12-4-26)46(55)56)37-21-23-39(51-37)44(28-7-15-32(16-8-28)48(59)60)40-24-22-38(52-40)43(36-20-18-34(41)50-36)27-5-13-31(14-6-27)47(57)58;;;;/h1-24,49,52H,(H,53,54)(H,55,56)(H,57,58)(H,59,60);3*1H;/q;;;;+3/p-3. The van der Waals surface area contributed by atoms with Crippen LogP contribution in [0.4, 0.5) is 0 Å². The molecule has 2 aliphatic heterocycles. The van der Waals surface area contributed by atoms with Gasteiger partial charge in [0.25, 0.3) is 0 Å². The second-order valence-corrected chi connectivity index (χ2v) is 14.0. The molecule has 0 amide bonds. The fourth-order valence-corrected chi connectivity index (χ4v) is 7.54. The first-order valence-corrected chi connectivity index (χ1v) is 18.5. The van der Waals surface area contributed by atoms with Crippen LogP contribution in [0.3, 0.4) is 0 Å². The van der Waals surface area contributed by atoms with Crippen LogP contribution in [0.2, 0.25) is 0 Å². The van der Waals surface area contributed by atoms with Gasteiger partial charge in [0.15, 0.2) is 0 Å². The molecule has 12 nitrogen and oxygen atoms in total. The van der Waals surface area contributed by atoms with Crippen molar-refractivity contribution in [2.75, 3.05) is 0 Å². The van der Waals surface area contributed by atoms with Crippen LogP contribution in [-0.2, 0) is 17.1 Å². The zero-order valence-corrected chi connectivity index (χ0v) is 36.1. The Bertz CT molecular complexity index is 2780. The van der Waals surface area contributed by atoms with E-state index in [1.165, 1.54) is 48.5 Å². The molecule has 2 aliphatic rings. The van der Waals surface area contributed by atoms with Crippen molar-refractivity contribution in [2.45, 2.75) is 0 Å². The van der Waals surface area contributed by atoms with E-state index in [9.17, 15) is 39.6 Å². The van der Waals surface area contributed by atoms with Crippen molar-refractivity contribution >= 4 is 70.2 Å². The van der Waals surface area contributed by atoms with Crippen LogP contribution in [0, 0.1) is 0 Å². The zero-order chi connectivity index (χ0) is 41.7. The average molecular weight is 952 g/mol. The summed E-state index contributed by atoms with van der Waals surface area (Å²) < 4.78 is 0. The summed E-state index contributed by atoms with van der Waals surface area (Å²) in [6.45, 7) is 0. The van der Waals surface area contributed by atoms with E-state index in [0.29, 0.717) is 89.4 Å². The molecule has 16 heteroatoms. The van der Waals surface area contributed by atoms with Gasteiger partial charge in [-0.25, -0.2) is 29.1 Å². The molecule has 5 heterocycles. The van der Waals surface area contributed by atoms with Gasteiger partial charge in [0, 0.05) is 44.3 Å². The Morgan fingerprint density at radius 1 is 0.328 bits per heavy atom. The van der Waals surface area contributed by atoms with Gasteiger partial charge in [0.05, 0.1) is 45.0 Å². The Morgan fingerprint density at radius 2 is 0.516 bits per heavy atom. The molecule has 7 aromatic rings. The maximum Gasteiger partial charge on any atom is 3.00 e. The van der Waals surface area contributed by atoms with Crippen LogP contribution in [0.15, 0.2) is 121 Å². The van der Waals surface area contributed by atoms with Gasteiger partial charge >= 0.3 is 40.9 Å². The van der Waals surface area contributed by atoms with E-state index < -0.39 is 23.9 Å². The number of carboxylic acid groups (broad SMARTS) is 4. The number of aromatic amines is 2. The van der Waals surface area contributed by atoms with Crippen molar-refractivity contribution < 1.29 is 93.9 Å². The minimum Gasteiger partial charge on any atom is -1.00 e. The predicted molar refractivity (Wildman–Crippen MR) is 228 cm³/mol. The molecule has 3 aromatic heterocycles. The summed E-state index contributed by atoms with van der Waals surface area (Å²) in [4.78, 5) is 64.8. The summed E-state index contributed by atoms with van der Waals surface area (Å²) in [7, 11) is 0. The molecule has 0 radical (unpaired) electrons. The first-order chi connectivity index (χ1) is 29.0. The molecule has 0 saturated carbocycles. The minimum atomic E-state index is -1.06. The van der Waals surface area contributed by atoms with Gasteiger partial charge < -0.3 is 67.6 Å². The van der Waals surface area contributed by atoms with Crippen LogP contribution in [-0.4, -0.2) is 64.2 Å². The van der Waals surface area contributed by atoms with Gasteiger partial charge in [-0.05, 0) is 119 Å². The zero-order valence-electron chi connectivity index (χ0n) is 32.7. The van der Waals surface area contributed by atoms with E-state index in [1.54, 1.807) is 48.5 Å². The number of aromatic carboxylic acids is 4. The van der Waals surface area contributed by atoms with E-state index in [2.05, 4.69) is 9.97 Å². The second-order valence-electron chi connectivity index (χ2n) is 14.0. The molecular weight excluding hydrogens is 922 g/mol. The number of hydrogen-bond donors (Lipinski definition) is 6. The van der Waals surface area contributed by atoms with Gasteiger partial charge in [-0.2, -0.15) is 0 Å². The Morgan fingerprint density at radius 3 is 0.688 bits per heavy atom. The molecule has 64 heavy (non-hydrogen) atoms. The van der Waals surface area contributed by atoms with Crippen molar-refractivity contribution in [3.8, 4) is 44.5 Å². The fourth-order valence-electron chi connectivity index (χ4n) is 7.54. The van der Waals surface area contributed by atoms with E-state index in [4.69, 9.17) is 9.97 Å². The number of nitrogens with zero attached hydrogens (tertiary/aromatic N) is 2. The van der Waals surface area contributed by atoms with Crippen molar-refractivity contribution in [2.24, 2.45) is 0 Å². The molecular formula is C48H30Cl3MnN4O8. The topological polar surface area (TPSA) is 207 Å². The van der Waals surface area contributed by atoms with Crippen molar-refractivity contribution in [1.29, 1.82) is 0 Å². The molecule has 0 atom stereocenters. The molecule has 0 unspecified atom stereocenters. The van der Waals surface area contributed by atoms with Crippen LogP contribution in [0.5, 0.6) is 0 Å². The summed E-state index contributed by atoms with van der Waals surface area (Å²) >= 11 is 0. The Labute approximate surface area is 392 Å². The van der Waals surface area contributed by atoms with Gasteiger partial charge in [0.1, 0.15) is 0 Å². The maximum atomic E-state index is 11.8. The minimum absolute atomic E-state index is 0. The number of fused-ring (bicyclic) bond motifs is 8. The largest absolute Gasteiger partial charge is 3.00 e. The number of nitrogens with one attached hydrogen (secondary N) is 2. The first-order valence-electron chi connectivity index (χ1n) is 18.5. The smallest absolute Gasteiger partial charge is 1.00 e. The number of carbonyl (C=O) groups is 4. The maximum absolute atomic E-state index is 11.8. The number of hydrogen-bond acceptors (Lipinski definition) is 6. The van der Waals surface area contributed by atoms with Crippen LogP contribution in [0.1, 0.15) is 64.2 Å². The Balaban J connectivity index is 0.00000193. The average Bonchev–Trinajstić information content (AvgIpc) is 4.10. The monoisotopic (exact) mass is 950 g/mol. The summed E-state index contributed by atoms with van der Waals surface area (Å²) in [5, 5.41) is 38.7. The molecule has 318 valence electrons. The molecule has 9 rings (SSSR count). The van der Waals surface area contributed by atoms with Crippen LogP contribution >= 0.6 is 0 Å². The number of H-pyrrole nitrogens is 2. The number of rotatable bonds is 8. The van der Waals surface area contributed by atoms with E-state index >= 15 is 0 Å². The molecule has 0 fully saturated rings. The van der Waals surface area contributed by atoms with Gasteiger partial charge in [-0.3, -0.25) is 0 Å². The Hall–Kier alpha value is -7.25. The molecule has 0 saturated heterocycles. The number of aromatic nitrogens is 4. The molecule has 4 aromatic carbocycles. The fraction of sp³-hybridized carbons (Fsp3) is 0. The van der Waals surface area contributed by atoms with Crippen molar-refractivity contribution in [3.05, 3.63) is 166 Å². The predicted octanol–water partition coefficient (Wildman–Crippen LogP) is 1.13. The first kappa shape index (κ1) is 47.8. The SMILES string of the molecule is O=C(O)c1ccc(-c2c3nc(c(-c4ccc(C(=O)O)cc4)c4ccc([nH]4)c(-c4ccc(C(=O)O)cc4)c4nc(c(-c5ccc(C(=O)O)cc5)c5ccc2[nH]5)C=C4)C=C3)cc1.[Cl-].[Cl-].[Cl-].[Mn+3]. The van der Waals surface area contributed by atoms with Crippen molar-refractivity contribution in [1.82, 2.24) is 19.9 Å². The van der Waals surface area contributed by atoms with Crippen LogP contribution < -0.4 is 37.2 Å². The van der Waals surface area contributed by atoms with Crippen molar-refractivity contribution in [3.63, 3.8) is 0 Å². The molecule has 0 aliphatic carbocycles.